The summed E-state index contributed by atoms with van der Waals surface area (Å²) in [6, 6.07) is 0.163. The van der Waals surface area contributed by atoms with Crippen LogP contribution in [0.15, 0.2) is 0 Å². The SMILES string of the molecule is NC(CC1CCOCC1)CC1CCS(=O)(=O)C1. The first-order chi connectivity index (χ1) is 8.05. The van der Waals surface area contributed by atoms with Crippen LogP contribution in [-0.2, 0) is 14.6 Å². The lowest BCUT2D eigenvalue weighted by Gasteiger charge is -2.25. The maximum Gasteiger partial charge on any atom is 0.150 e. The van der Waals surface area contributed by atoms with Crippen molar-refractivity contribution in [2.24, 2.45) is 17.6 Å². The molecule has 17 heavy (non-hydrogen) atoms. The van der Waals surface area contributed by atoms with E-state index in [0.717, 1.165) is 45.3 Å². The van der Waals surface area contributed by atoms with Gasteiger partial charge in [0.1, 0.15) is 0 Å². The second-order valence-corrected chi connectivity index (χ2v) is 7.79. The first-order valence-corrected chi connectivity index (χ1v) is 8.41. The lowest BCUT2D eigenvalue weighted by atomic mass is 9.88. The standard InChI is InChI=1S/C12H23NO3S/c13-12(7-10-1-4-16-5-2-10)8-11-3-6-17(14,15)9-11/h10-12H,1-9,13H2. The maximum absolute atomic E-state index is 11.4. The van der Waals surface area contributed by atoms with Crippen molar-refractivity contribution in [1.29, 1.82) is 0 Å². The molecule has 0 aromatic heterocycles. The Kier molecular flexibility index (Phi) is 4.44. The summed E-state index contributed by atoms with van der Waals surface area (Å²) in [5.74, 6) is 1.70. The van der Waals surface area contributed by atoms with Crippen LogP contribution in [-0.4, -0.2) is 39.2 Å². The van der Waals surface area contributed by atoms with Crippen LogP contribution in [0, 0.1) is 11.8 Å². The van der Waals surface area contributed by atoms with Gasteiger partial charge in [-0.2, -0.15) is 0 Å². The molecule has 4 nitrogen and oxygen atoms in total. The van der Waals surface area contributed by atoms with Gasteiger partial charge in [0.05, 0.1) is 11.5 Å². The van der Waals surface area contributed by atoms with E-state index in [4.69, 9.17) is 10.5 Å². The Labute approximate surface area is 104 Å². The summed E-state index contributed by atoms with van der Waals surface area (Å²) in [6.07, 6.45) is 4.92. The smallest absolute Gasteiger partial charge is 0.150 e. The highest BCUT2D eigenvalue weighted by Crippen LogP contribution is 2.26. The average Bonchev–Trinajstić information content (AvgIpc) is 2.59. The summed E-state index contributed by atoms with van der Waals surface area (Å²) in [7, 11) is -2.75. The van der Waals surface area contributed by atoms with Gasteiger partial charge in [0.25, 0.3) is 0 Å². The zero-order valence-electron chi connectivity index (χ0n) is 10.3. The number of rotatable bonds is 4. The van der Waals surface area contributed by atoms with Gasteiger partial charge < -0.3 is 10.5 Å². The summed E-state index contributed by atoms with van der Waals surface area (Å²) in [5, 5.41) is 0. The van der Waals surface area contributed by atoms with E-state index in [1.807, 2.05) is 0 Å². The van der Waals surface area contributed by atoms with Crippen LogP contribution >= 0.6 is 0 Å². The molecule has 0 saturated carbocycles. The van der Waals surface area contributed by atoms with Crippen LogP contribution in [0.1, 0.15) is 32.1 Å². The van der Waals surface area contributed by atoms with Crippen molar-refractivity contribution < 1.29 is 13.2 Å². The van der Waals surface area contributed by atoms with Gasteiger partial charge in [-0.1, -0.05) is 0 Å². The molecule has 2 N–H and O–H groups in total. The topological polar surface area (TPSA) is 69.4 Å². The second-order valence-electron chi connectivity index (χ2n) is 5.56. The van der Waals surface area contributed by atoms with Gasteiger partial charge in [0.2, 0.25) is 0 Å². The minimum atomic E-state index is -2.75. The Morgan fingerprint density at radius 2 is 1.76 bits per heavy atom. The first-order valence-electron chi connectivity index (χ1n) is 6.59. The van der Waals surface area contributed by atoms with E-state index in [1.54, 1.807) is 0 Å². The largest absolute Gasteiger partial charge is 0.381 e. The highest BCUT2D eigenvalue weighted by molar-refractivity contribution is 7.91. The monoisotopic (exact) mass is 261 g/mol. The molecule has 2 fully saturated rings. The van der Waals surface area contributed by atoms with Gasteiger partial charge in [0, 0.05) is 19.3 Å². The highest BCUT2D eigenvalue weighted by Gasteiger charge is 2.29. The molecule has 2 aliphatic heterocycles. The van der Waals surface area contributed by atoms with Crippen molar-refractivity contribution in [3.63, 3.8) is 0 Å². The van der Waals surface area contributed by atoms with Crippen molar-refractivity contribution >= 4 is 9.84 Å². The predicted molar refractivity (Wildman–Crippen MR) is 67.5 cm³/mol. The lowest BCUT2D eigenvalue weighted by molar-refractivity contribution is 0.0612. The van der Waals surface area contributed by atoms with Crippen LogP contribution in [0.5, 0.6) is 0 Å². The number of sulfone groups is 1. The molecule has 0 aromatic rings. The van der Waals surface area contributed by atoms with Crippen molar-refractivity contribution in [1.82, 2.24) is 0 Å². The summed E-state index contributed by atoms with van der Waals surface area (Å²) in [5.41, 5.74) is 6.14. The third-order valence-corrected chi connectivity index (χ3v) is 5.78. The molecule has 0 spiro atoms. The summed E-state index contributed by atoms with van der Waals surface area (Å²) < 4.78 is 28.0. The van der Waals surface area contributed by atoms with Crippen molar-refractivity contribution in [3.8, 4) is 0 Å². The molecule has 0 bridgehead atoms. The molecule has 2 atom stereocenters. The van der Waals surface area contributed by atoms with Gasteiger partial charge in [-0.05, 0) is 43.9 Å². The number of nitrogens with two attached hydrogens (primary N) is 1. The summed E-state index contributed by atoms with van der Waals surface area (Å²) in [4.78, 5) is 0. The van der Waals surface area contributed by atoms with Crippen LogP contribution in [0.2, 0.25) is 0 Å². The fourth-order valence-corrected chi connectivity index (χ4v) is 4.87. The number of hydrogen-bond donors (Lipinski definition) is 1. The molecule has 0 radical (unpaired) electrons. The normalized spacial score (nSPS) is 31.5. The van der Waals surface area contributed by atoms with E-state index >= 15 is 0 Å². The molecule has 2 unspecified atom stereocenters. The minimum absolute atomic E-state index is 0.163. The van der Waals surface area contributed by atoms with Gasteiger partial charge >= 0.3 is 0 Å². The third-order valence-electron chi connectivity index (χ3n) is 3.94. The summed E-state index contributed by atoms with van der Waals surface area (Å²) >= 11 is 0. The molecule has 100 valence electrons. The van der Waals surface area contributed by atoms with E-state index in [9.17, 15) is 8.42 Å². The van der Waals surface area contributed by atoms with Gasteiger partial charge in [-0.3, -0.25) is 0 Å². The third kappa shape index (κ3) is 4.23. The quantitative estimate of drug-likeness (QED) is 0.818. The van der Waals surface area contributed by atoms with E-state index in [0.29, 0.717) is 23.3 Å². The summed E-state index contributed by atoms with van der Waals surface area (Å²) in [6.45, 7) is 1.71. The molecule has 2 heterocycles. The van der Waals surface area contributed by atoms with E-state index in [1.165, 1.54) is 0 Å². The fraction of sp³-hybridized carbons (Fsp3) is 1.00. The van der Waals surface area contributed by atoms with Crippen LogP contribution in [0.25, 0.3) is 0 Å². The Morgan fingerprint density at radius 1 is 1.12 bits per heavy atom. The van der Waals surface area contributed by atoms with Crippen LogP contribution < -0.4 is 5.73 Å². The fourth-order valence-electron chi connectivity index (χ4n) is 2.99. The van der Waals surface area contributed by atoms with Gasteiger partial charge in [0.15, 0.2) is 9.84 Å². The predicted octanol–water partition coefficient (Wildman–Crippen LogP) is 0.955. The molecule has 2 aliphatic rings. The second kappa shape index (κ2) is 5.67. The molecule has 2 saturated heterocycles. The molecular weight excluding hydrogens is 238 g/mol. The Bertz CT molecular complexity index is 336. The highest BCUT2D eigenvalue weighted by atomic mass is 32.2. The molecule has 0 aromatic carbocycles. The Hall–Kier alpha value is -0.130. The van der Waals surface area contributed by atoms with Crippen molar-refractivity contribution in [3.05, 3.63) is 0 Å². The van der Waals surface area contributed by atoms with Crippen LogP contribution in [0.4, 0.5) is 0 Å². The lowest BCUT2D eigenvalue weighted by Crippen LogP contribution is -2.29. The van der Waals surface area contributed by atoms with Crippen molar-refractivity contribution in [2.75, 3.05) is 24.7 Å². The molecule has 5 heteroatoms. The molecule has 0 aliphatic carbocycles. The number of ether oxygens (including phenoxy) is 1. The van der Waals surface area contributed by atoms with E-state index in [2.05, 4.69) is 0 Å². The minimum Gasteiger partial charge on any atom is -0.381 e. The molecule has 0 amide bonds. The maximum atomic E-state index is 11.4. The number of hydrogen-bond acceptors (Lipinski definition) is 4. The van der Waals surface area contributed by atoms with Crippen molar-refractivity contribution in [2.45, 2.75) is 38.1 Å². The van der Waals surface area contributed by atoms with E-state index < -0.39 is 9.84 Å². The zero-order valence-corrected chi connectivity index (χ0v) is 11.1. The molecule has 2 rings (SSSR count). The van der Waals surface area contributed by atoms with Crippen LogP contribution in [0.3, 0.4) is 0 Å². The Morgan fingerprint density at radius 3 is 2.35 bits per heavy atom. The Balaban J connectivity index is 1.72. The van der Waals surface area contributed by atoms with Gasteiger partial charge in [-0.15, -0.1) is 0 Å². The van der Waals surface area contributed by atoms with E-state index in [-0.39, 0.29) is 6.04 Å². The molecular formula is C12H23NO3S. The van der Waals surface area contributed by atoms with Gasteiger partial charge in [-0.25, -0.2) is 8.42 Å². The first kappa shape index (κ1) is 13.3. The zero-order chi connectivity index (χ0) is 12.3. The average molecular weight is 261 g/mol.